The molecule has 0 saturated carbocycles. The Morgan fingerprint density at radius 2 is 1.04 bits per heavy atom. The van der Waals surface area contributed by atoms with Crippen LogP contribution in [-0.2, 0) is 38.7 Å². The van der Waals surface area contributed by atoms with E-state index in [1.54, 1.807) is 0 Å². The molecule has 0 N–H and O–H groups in total. The van der Waals surface area contributed by atoms with Gasteiger partial charge in [0.15, 0.2) is 0 Å². The van der Waals surface area contributed by atoms with Crippen LogP contribution in [0.3, 0.4) is 0 Å². The summed E-state index contributed by atoms with van der Waals surface area (Å²) in [5.41, 5.74) is 5.86. The summed E-state index contributed by atoms with van der Waals surface area (Å²) in [7, 11) is 0. The van der Waals surface area contributed by atoms with Gasteiger partial charge in [0.1, 0.15) is 0 Å². The van der Waals surface area contributed by atoms with E-state index in [4.69, 9.17) is 0 Å². The third-order valence-electron chi connectivity index (χ3n) is 3.83. The summed E-state index contributed by atoms with van der Waals surface area (Å²) < 4.78 is 0. The molecule has 0 heterocycles. The van der Waals surface area contributed by atoms with Gasteiger partial charge < -0.3 is 24.8 Å². The minimum Gasteiger partial charge on any atom is -1.00 e. The van der Waals surface area contributed by atoms with Crippen molar-refractivity contribution in [3.05, 3.63) is 58.7 Å². The molecular formula is C20H30Cl2Hf. The minimum atomic E-state index is 0. The predicted octanol–water partition coefficient (Wildman–Crippen LogP) is 0.188. The zero-order valence-corrected chi connectivity index (χ0v) is 20.4. The molecule has 0 bridgehead atoms. The molecule has 0 atom stereocenters. The summed E-state index contributed by atoms with van der Waals surface area (Å²) >= 11 is 0. The third-order valence-corrected chi connectivity index (χ3v) is 3.83. The standard InChI is InChI=1S/2C10H15.2ClH.Hf/c2*1-4-9-5-6-10(7-9)8(2)3;;;/h2*5-8H,4H2,1-3H3;2*1H;/q2*-1;;;+4/p-2. The van der Waals surface area contributed by atoms with Gasteiger partial charge >= 0.3 is 25.8 Å². The molecule has 0 aliphatic heterocycles. The van der Waals surface area contributed by atoms with Gasteiger partial charge in [-0.2, -0.15) is 46.5 Å². The van der Waals surface area contributed by atoms with Crippen molar-refractivity contribution in [2.45, 2.75) is 66.2 Å². The molecule has 0 aromatic heterocycles. The van der Waals surface area contributed by atoms with E-state index < -0.39 is 0 Å². The maximum atomic E-state index is 2.30. The van der Waals surface area contributed by atoms with Crippen molar-refractivity contribution in [2.75, 3.05) is 0 Å². The maximum absolute atomic E-state index is 2.30. The van der Waals surface area contributed by atoms with Crippen molar-refractivity contribution < 1.29 is 50.7 Å². The second kappa shape index (κ2) is 14.5. The largest absolute Gasteiger partial charge is 4.00 e. The summed E-state index contributed by atoms with van der Waals surface area (Å²) in [5.74, 6) is 1.36. The van der Waals surface area contributed by atoms with E-state index >= 15 is 0 Å². The second-order valence-corrected chi connectivity index (χ2v) is 6.12. The molecule has 0 unspecified atom stereocenters. The van der Waals surface area contributed by atoms with Crippen molar-refractivity contribution in [3.63, 3.8) is 0 Å². The van der Waals surface area contributed by atoms with Gasteiger partial charge in [-0.15, -0.1) is 0 Å². The Bertz CT molecular complexity index is 449. The topological polar surface area (TPSA) is 0 Å². The maximum Gasteiger partial charge on any atom is 4.00 e. The Morgan fingerprint density at radius 1 is 0.739 bits per heavy atom. The minimum absolute atomic E-state index is 0. The first kappa shape index (κ1) is 28.0. The van der Waals surface area contributed by atoms with Crippen LogP contribution in [0.4, 0.5) is 0 Å². The molecule has 23 heavy (non-hydrogen) atoms. The molecule has 0 fully saturated rings. The summed E-state index contributed by atoms with van der Waals surface area (Å²) in [4.78, 5) is 0. The molecule has 3 heteroatoms. The normalized spacial score (nSPS) is 9.39. The average molecular weight is 520 g/mol. The van der Waals surface area contributed by atoms with E-state index in [2.05, 4.69) is 77.9 Å². The average Bonchev–Trinajstić information content (AvgIpc) is 3.08. The molecule has 0 spiro atoms. The number of halogens is 2. The fraction of sp³-hybridized carbons (Fsp3) is 0.500. The summed E-state index contributed by atoms with van der Waals surface area (Å²) in [6, 6.07) is 13.5. The zero-order valence-electron chi connectivity index (χ0n) is 15.3. The quantitative estimate of drug-likeness (QED) is 0.400. The first-order valence-corrected chi connectivity index (χ1v) is 7.98. The van der Waals surface area contributed by atoms with Gasteiger partial charge in [0, 0.05) is 0 Å². The van der Waals surface area contributed by atoms with Gasteiger partial charge in [-0.25, -0.2) is 12.1 Å². The van der Waals surface area contributed by atoms with Crippen molar-refractivity contribution >= 4 is 0 Å². The number of hydrogen-bond acceptors (Lipinski definition) is 0. The van der Waals surface area contributed by atoms with Crippen LogP contribution >= 0.6 is 0 Å². The molecular weight excluding hydrogens is 490 g/mol. The molecule has 0 radical (unpaired) electrons. The first-order valence-electron chi connectivity index (χ1n) is 7.98. The van der Waals surface area contributed by atoms with Crippen molar-refractivity contribution in [1.29, 1.82) is 0 Å². The van der Waals surface area contributed by atoms with Crippen molar-refractivity contribution in [1.82, 2.24) is 0 Å². The summed E-state index contributed by atoms with van der Waals surface area (Å²) in [5, 5.41) is 0. The molecule has 0 saturated heterocycles. The second-order valence-electron chi connectivity index (χ2n) is 6.12. The molecule has 0 nitrogen and oxygen atoms in total. The third kappa shape index (κ3) is 9.89. The molecule has 0 aliphatic carbocycles. The Labute approximate surface area is 174 Å². The van der Waals surface area contributed by atoms with Crippen LogP contribution in [0.5, 0.6) is 0 Å². The monoisotopic (exact) mass is 520 g/mol. The smallest absolute Gasteiger partial charge is 1.00 e. The van der Waals surface area contributed by atoms with Crippen molar-refractivity contribution in [2.24, 2.45) is 0 Å². The number of rotatable bonds is 4. The van der Waals surface area contributed by atoms with E-state index in [1.165, 1.54) is 22.3 Å². The van der Waals surface area contributed by atoms with Gasteiger partial charge in [0.25, 0.3) is 0 Å². The first-order chi connectivity index (χ1) is 9.47. The van der Waals surface area contributed by atoms with Crippen LogP contribution in [0.2, 0.25) is 0 Å². The Kier molecular flexibility index (Phi) is 17.6. The van der Waals surface area contributed by atoms with Gasteiger partial charge in [0.2, 0.25) is 0 Å². The van der Waals surface area contributed by atoms with E-state index in [9.17, 15) is 0 Å². The van der Waals surface area contributed by atoms with Crippen LogP contribution in [0.25, 0.3) is 0 Å². The fourth-order valence-corrected chi connectivity index (χ4v) is 2.19. The Morgan fingerprint density at radius 3 is 1.17 bits per heavy atom. The van der Waals surface area contributed by atoms with Crippen LogP contribution in [-0.4, -0.2) is 0 Å². The van der Waals surface area contributed by atoms with Crippen LogP contribution < -0.4 is 24.8 Å². The van der Waals surface area contributed by atoms with Crippen LogP contribution in [0, 0.1) is 0 Å². The number of hydrogen-bond donors (Lipinski definition) is 0. The van der Waals surface area contributed by atoms with E-state index in [1.807, 2.05) is 0 Å². The van der Waals surface area contributed by atoms with Gasteiger partial charge in [0.05, 0.1) is 0 Å². The molecule has 2 rings (SSSR count). The van der Waals surface area contributed by atoms with Crippen LogP contribution in [0.1, 0.15) is 75.6 Å². The summed E-state index contributed by atoms with van der Waals surface area (Å²) in [6.07, 6.45) is 2.32. The van der Waals surface area contributed by atoms with Gasteiger partial charge in [-0.1, -0.05) is 66.2 Å². The fourth-order valence-electron chi connectivity index (χ4n) is 2.19. The zero-order chi connectivity index (χ0) is 15.1. The molecule has 2 aromatic carbocycles. The van der Waals surface area contributed by atoms with Gasteiger partial charge in [-0.05, 0) is 0 Å². The molecule has 0 amide bonds. The number of aryl methyl sites for hydroxylation is 2. The van der Waals surface area contributed by atoms with Crippen LogP contribution in [0.15, 0.2) is 36.4 Å². The van der Waals surface area contributed by atoms with E-state index in [0.29, 0.717) is 11.8 Å². The van der Waals surface area contributed by atoms with E-state index in [0.717, 1.165) is 12.8 Å². The summed E-state index contributed by atoms with van der Waals surface area (Å²) in [6.45, 7) is 13.3. The van der Waals surface area contributed by atoms with E-state index in [-0.39, 0.29) is 50.7 Å². The predicted molar refractivity (Wildman–Crippen MR) is 91.0 cm³/mol. The molecule has 2 aromatic rings. The Balaban J connectivity index is -0.000000308. The SMILES string of the molecule is CC[c-]1ccc(C(C)C)c1.CC[c-]1ccc(C(C)C)c1.[Cl-].[Cl-].[Hf+4]. The van der Waals surface area contributed by atoms with Crippen molar-refractivity contribution in [3.8, 4) is 0 Å². The molecule has 128 valence electrons. The molecule has 0 aliphatic rings. The van der Waals surface area contributed by atoms with Gasteiger partial charge in [-0.3, -0.25) is 0 Å². The Hall–Kier alpha value is 0.150.